The van der Waals surface area contributed by atoms with Crippen LogP contribution in [0.1, 0.15) is 12.8 Å². The SMILES string of the molecule is Nc1ccc(NC(=O)CCCS(=O)(=O)CCCl)cc1. The molecule has 5 nitrogen and oxygen atoms in total. The van der Waals surface area contributed by atoms with Gasteiger partial charge in [0, 0.05) is 23.7 Å². The Hall–Kier alpha value is -1.27. The third kappa shape index (κ3) is 6.45. The minimum Gasteiger partial charge on any atom is -0.399 e. The topological polar surface area (TPSA) is 89.3 Å². The molecule has 1 amide bonds. The summed E-state index contributed by atoms with van der Waals surface area (Å²) in [6, 6.07) is 6.75. The minimum atomic E-state index is -3.13. The number of nitrogen functional groups attached to an aromatic ring is 1. The van der Waals surface area contributed by atoms with E-state index in [-0.39, 0.29) is 29.7 Å². The Morgan fingerprint density at radius 1 is 1.21 bits per heavy atom. The molecule has 0 saturated carbocycles. The number of anilines is 2. The van der Waals surface area contributed by atoms with Gasteiger partial charge in [0.2, 0.25) is 5.91 Å². The van der Waals surface area contributed by atoms with Gasteiger partial charge in [-0.25, -0.2) is 8.42 Å². The highest BCUT2D eigenvalue weighted by Gasteiger charge is 2.11. The van der Waals surface area contributed by atoms with Gasteiger partial charge in [-0.15, -0.1) is 11.6 Å². The molecule has 0 bridgehead atoms. The Morgan fingerprint density at radius 3 is 2.42 bits per heavy atom. The zero-order valence-electron chi connectivity index (χ0n) is 10.4. The van der Waals surface area contributed by atoms with E-state index in [2.05, 4.69) is 5.32 Å². The summed E-state index contributed by atoms with van der Waals surface area (Å²) in [7, 11) is -3.13. The number of amides is 1. The van der Waals surface area contributed by atoms with Gasteiger partial charge >= 0.3 is 0 Å². The van der Waals surface area contributed by atoms with Crippen LogP contribution in [0.25, 0.3) is 0 Å². The van der Waals surface area contributed by atoms with Gasteiger partial charge < -0.3 is 11.1 Å². The summed E-state index contributed by atoms with van der Waals surface area (Å²) in [5, 5.41) is 2.67. The highest BCUT2D eigenvalue weighted by atomic mass is 35.5. The second-order valence-corrected chi connectivity index (χ2v) is 6.80. The lowest BCUT2D eigenvalue weighted by molar-refractivity contribution is -0.116. The third-order valence-corrected chi connectivity index (χ3v) is 4.59. The number of halogens is 1. The number of hydrogen-bond acceptors (Lipinski definition) is 4. The number of hydrogen-bond donors (Lipinski definition) is 2. The van der Waals surface area contributed by atoms with E-state index in [0.29, 0.717) is 17.8 Å². The second kappa shape index (κ2) is 7.35. The van der Waals surface area contributed by atoms with E-state index in [4.69, 9.17) is 17.3 Å². The quantitative estimate of drug-likeness (QED) is 0.592. The van der Waals surface area contributed by atoms with Crippen molar-refractivity contribution in [2.75, 3.05) is 28.4 Å². The average molecular weight is 305 g/mol. The highest BCUT2D eigenvalue weighted by molar-refractivity contribution is 7.91. The number of rotatable bonds is 7. The lowest BCUT2D eigenvalue weighted by Gasteiger charge is -2.05. The van der Waals surface area contributed by atoms with Gasteiger partial charge in [-0.2, -0.15) is 0 Å². The van der Waals surface area contributed by atoms with Crippen molar-refractivity contribution in [3.63, 3.8) is 0 Å². The molecule has 106 valence electrons. The van der Waals surface area contributed by atoms with Gasteiger partial charge in [-0.3, -0.25) is 4.79 Å². The lowest BCUT2D eigenvalue weighted by atomic mass is 10.2. The highest BCUT2D eigenvalue weighted by Crippen LogP contribution is 2.11. The van der Waals surface area contributed by atoms with Gasteiger partial charge in [-0.05, 0) is 30.7 Å². The van der Waals surface area contributed by atoms with Crippen molar-refractivity contribution in [2.45, 2.75) is 12.8 Å². The summed E-state index contributed by atoms with van der Waals surface area (Å²) in [6.45, 7) is 0. The van der Waals surface area contributed by atoms with Crippen LogP contribution in [0.15, 0.2) is 24.3 Å². The molecule has 0 spiro atoms. The van der Waals surface area contributed by atoms with Crippen LogP contribution in [0.3, 0.4) is 0 Å². The van der Waals surface area contributed by atoms with Crippen molar-refractivity contribution < 1.29 is 13.2 Å². The Bertz CT molecular complexity index is 514. The van der Waals surface area contributed by atoms with Crippen LogP contribution in [-0.4, -0.2) is 31.7 Å². The summed E-state index contributed by atoms with van der Waals surface area (Å²) in [4.78, 5) is 11.6. The predicted molar refractivity (Wildman–Crippen MR) is 78.1 cm³/mol. The van der Waals surface area contributed by atoms with E-state index >= 15 is 0 Å². The van der Waals surface area contributed by atoms with Crippen molar-refractivity contribution in [3.05, 3.63) is 24.3 Å². The molecule has 3 N–H and O–H groups in total. The van der Waals surface area contributed by atoms with Gasteiger partial charge in [0.05, 0.1) is 11.5 Å². The van der Waals surface area contributed by atoms with Crippen LogP contribution in [0.2, 0.25) is 0 Å². The number of carbonyl (C=O) groups excluding carboxylic acids is 1. The molecule has 0 fully saturated rings. The second-order valence-electron chi connectivity index (χ2n) is 4.11. The molecular formula is C12H17ClN2O3S. The van der Waals surface area contributed by atoms with E-state index in [1.54, 1.807) is 24.3 Å². The Labute approximate surface area is 118 Å². The molecule has 19 heavy (non-hydrogen) atoms. The molecule has 1 rings (SSSR count). The van der Waals surface area contributed by atoms with Crippen LogP contribution < -0.4 is 11.1 Å². The fourth-order valence-corrected chi connectivity index (χ4v) is 3.19. The molecule has 0 aliphatic carbocycles. The van der Waals surface area contributed by atoms with Gasteiger partial charge in [0.1, 0.15) is 0 Å². The molecule has 0 radical (unpaired) electrons. The number of nitrogens with two attached hydrogens (primary N) is 1. The summed E-state index contributed by atoms with van der Waals surface area (Å²) in [5.41, 5.74) is 6.78. The first-order valence-corrected chi connectivity index (χ1v) is 8.20. The van der Waals surface area contributed by atoms with Gasteiger partial charge in [-0.1, -0.05) is 0 Å². The van der Waals surface area contributed by atoms with Crippen LogP contribution in [0, 0.1) is 0 Å². The van der Waals surface area contributed by atoms with Gasteiger partial charge in [0.15, 0.2) is 9.84 Å². The van der Waals surface area contributed by atoms with E-state index < -0.39 is 9.84 Å². The maximum Gasteiger partial charge on any atom is 0.224 e. The number of carbonyl (C=O) groups is 1. The van der Waals surface area contributed by atoms with E-state index in [1.807, 2.05) is 0 Å². The molecule has 1 aromatic carbocycles. The lowest BCUT2D eigenvalue weighted by Crippen LogP contribution is -2.16. The van der Waals surface area contributed by atoms with Crippen molar-refractivity contribution in [1.82, 2.24) is 0 Å². The Kier molecular flexibility index (Phi) is 6.11. The van der Waals surface area contributed by atoms with E-state index in [9.17, 15) is 13.2 Å². The zero-order chi connectivity index (χ0) is 14.3. The third-order valence-electron chi connectivity index (χ3n) is 2.44. The summed E-state index contributed by atoms with van der Waals surface area (Å²) >= 11 is 5.38. The molecule has 0 aliphatic heterocycles. The average Bonchev–Trinajstić information content (AvgIpc) is 2.31. The molecule has 0 saturated heterocycles. The van der Waals surface area contributed by atoms with Crippen LogP contribution >= 0.6 is 11.6 Å². The predicted octanol–water partition coefficient (Wildman–Crippen LogP) is 1.64. The monoisotopic (exact) mass is 304 g/mol. The van der Waals surface area contributed by atoms with Crippen molar-refractivity contribution >= 4 is 38.7 Å². The molecule has 0 aromatic heterocycles. The summed E-state index contributed by atoms with van der Waals surface area (Å²) in [6.07, 6.45) is 0.450. The van der Waals surface area contributed by atoms with Crippen molar-refractivity contribution in [2.24, 2.45) is 0 Å². The normalized spacial score (nSPS) is 11.2. The molecule has 0 heterocycles. The van der Waals surface area contributed by atoms with Gasteiger partial charge in [0.25, 0.3) is 0 Å². The van der Waals surface area contributed by atoms with E-state index in [0.717, 1.165) is 0 Å². The van der Waals surface area contributed by atoms with Crippen molar-refractivity contribution in [3.8, 4) is 0 Å². The molecule has 0 unspecified atom stereocenters. The standard InChI is InChI=1S/C12H17ClN2O3S/c13-7-9-19(17,18)8-1-2-12(16)15-11-5-3-10(14)4-6-11/h3-6H,1-2,7-9,14H2,(H,15,16). The number of sulfone groups is 1. The number of benzene rings is 1. The fourth-order valence-electron chi connectivity index (χ4n) is 1.46. The molecule has 7 heteroatoms. The maximum absolute atomic E-state index is 11.6. The number of alkyl halides is 1. The van der Waals surface area contributed by atoms with Crippen LogP contribution in [0.5, 0.6) is 0 Å². The van der Waals surface area contributed by atoms with Crippen LogP contribution in [0.4, 0.5) is 11.4 Å². The molecular weight excluding hydrogens is 288 g/mol. The van der Waals surface area contributed by atoms with Crippen molar-refractivity contribution in [1.29, 1.82) is 0 Å². The largest absolute Gasteiger partial charge is 0.399 e. The Morgan fingerprint density at radius 2 is 1.84 bits per heavy atom. The zero-order valence-corrected chi connectivity index (χ0v) is 12.0. The molecule has 0 atom stereocenters. The summed E-state index contributed by atoms with van der Waals surface area (Å²) in [5.74, 6) is -0.200. The number of nitrogens with one attached hydrogen (secondary N) is 1. The fraction of sp³-hybridized carbons (Fsp3) is 0.417. The van der Waals surface area contributed by atoms with Crippen LogP contribution in [-0.2, 0) is 14.6 Å². The first-order chi connectivity index (χ1) is 8.93. The first-order valence-electron chi connectivity index (χ1n) is 5.85. The maximum atomic E-state index is 11.6. The minimum absolute atomic E-state index is 0.0190. The Balaban J connectivity index is 2.34. The summed E-state index contributed by atoms with van der Waals surface area (Å²) < 4.78 is 22.8. The smallest absolute Gasteiger partial charge is 0.224 e. The van der Waals surface area contributed by atoms with E-state index in [1.165, 1.54) is 0 Å². The molecule has 1 aromatic rings. The molecule has 0 aliphatic rings. The first kappa shape index (κ1) is 15.8.